The van der Waals surface area contributed by atoms with Crippen LogP contribution in [0.15, 0.2) is 11.1 Å². The van der Waals surface area contributed by atoms with E-state index in [1.165, 1.54) is 0 Å². The van der Waals surface area contributed by atoms with Gasteiger partial charge in [-0.1, -0.05) is 0 Å². The van der Waals surface area contributed by atoms with Gasteiger partial charge in [0.1, 0.15) is 0 Å². The predicted molar refractivity (Wildman–Crippen MR) is 40.4 cm³/mol. The molecular weight excluding hydrogens is 152 g/mol. The fraction of sp³-hybridized carbons (Fsp3) is 0.600. The summed E-state index contributed by atoms with van der Waals surface area (Å²) in [4.78, 5) is 10.5. The van der Waals surface area contributed by atoms with Crippen LogP contribution in [-0.4, -0.2) is 23.8 Å². The van der Waals surface area contributed by atoms with Crippen LogP contribution in [0.3, 0.4) is 0 Å². The number of nitrogens with zero attached hydrogens (tertiary/aromatic N) is 1. The molecule has 4 nitrogen and oxygen atoms in total. The summed E-state index contributed by atoms with van der Waals surface area (Å²) in [5.41, 5.74) is 0. The Hall–Kier alpha value is -0.710. The Morgan fingerprint density at radius 1 is 1.90 bits per heavy atom. The predicted octanol–water partition coefficient (Wildman–Crippen LogP) is 0.441. The minimum atomic E-state index is -0.314. The summed E-state index contributed by atoms with van der Waals surface area (Å²) >= 11 is 1.55. The van der Waals surface area contributed by atoms with Gasteiger partial charge < -0.3 is 5.32 Å². The summed E-state index contributed by atoms with van der Waals surface area (Å²) in [6.07, 6.45) is 1.72. The molecular formula is C5H8N2O2S. The van der Waals surface area contributed by atoms with E-state index in [2.05, 4.69) is 5.32 Å². The van der Waals surface area contributed by atoms with E-state index in [1.54, 1.807) is 18.0 Å². The zero-order valence-electron chi connectivity index (χ0n) is 5.37. The Labute approximate surface area is 62.8 Å². The van der Waals surface area contributed by atoms with Gasteiger partial charge in [-0.3, -0.25) is 10.1 Å². The van der Waals surface area contributed by atoms with Gasteiger partial charge in [-0.2, -0.15) is 0 Å². The van der Waals surface area contributed by atoms with Gasteiger partial charge in [-0.25, -0.2) is 0 Å². The second kappa shape index (κ2) is 3.46. The van der Waals surface area contributed by atoms with Crippen molar-refractivity contribution in [3.8, 4) is 0 Å². The molecule has 0 radical (unpaired) electrons. The van der Waals surface area contributed by atoms with Gasteiger partial charge in [-0.05, 0) is 0 Å². The molecule has 0 aliphatic carbocycles. The summed E-state index contributed by atoms with van der Waals surface area (Å²) in [6.45, 7) is 0.865. The van der Waals surface area contributed by atoms with Crippen molar-refractivity contribution in [2.24, 2.45) is 0 Å². The Morgan fingerprint density at radius 3 is 3.20 bits per heavy atom. The third-order valence-corrected chi connectivity index (χ3v) is 2.11. The minimum Gasteiger partial charge on any atom is -0.389 e. The highest BCUT2D eigenvalue weighted by Gasteiger charge is 2.08. The first-order valence-electron chi connectivity index (χ1n) is 2.96. The van der Waals surface area contributed by atoms with E-state index in [4.69, 9.17) is 0 Å². The molecule has 56 valence electrons. The summed E-state index contributed by atoms with van der Waals surface area (Å²) < 4.78 is 0. The van der Waals surface area contributed by atoms with Crippen LogP contribution in [0.1, 0.15) is 0 Å². The SMILES string of the molecule is O=[N+]([O-])CC1=CNCCS1. The van der Waals surface area contributed by atoms with Gasteiger partial charge in [0.2, 0.25) is 6.54 Å². The molecule has 1 aliphatic heterocycles. The maximum atomic E-state index is 9.99. The lowest BCUT2D eigenvalue weighted by atomic mass is 10.6. The normalized spacial score (nSPS) is 17.4. The molecule has 10 heavy (non-hydrogen) atoms. The van der Waals surface area contributed by atoms with Crippen LogP contribution >= 0.6 is 11.8 Å². The molecule has 0 amide bonds. The highest BCUT2D eigenvalue weighted by molar-refractivity contribution is 8.03. The van der Waals surface area contributed by atoms with Gasteiger partial charge in [0.15, 0.2) is 0 Å². The maximum Gasteiger partial charge on any atom is 0.236 e. The molecule has 0 unspecified atom stereocenters. The van der Waals surface area contributed by atoms with Crippen LogP contribution in [0.2, 0.25) is 0 Å². The molecule has 0 spiro atoms. The molecule has 0 aromatic rings. The Balaban J connectivity index is 2.38. The van der Waals surface area contributed by atoms with Crippen molar-refractivity contribution in [2.45, 2.75) is 0 Å². The quantitative estimate of drug-likeness (QED) is 0.470. The Bertz CT molecular complexity index is 169. The molecule has 1 aliphatic rings. The Morgan fingerprint density at radius 2 is 2.70 bits per heavy atom. The fourth-order valence-electron chi connectivity index (χ4n) is 0.687. The second-order valence-electron chi connectivity index (χ2n) is 1.90. The molecule has 1 heterocycles. The van der Waals surface area contributed by atoms with E-state index in [-0.39, 0.29) is 11.5 Å². The van der Waals surface area contributed by atoms with Crippen molar-refractivity contribution in [3.05, 3.63) is 21.2 Å². The number of hydrogen-bond acceptors (Lipinski definition) is 4. The summed E-state index contributed by atoms with van der Waals surface area (Å²) in [6, 6.07) is 0. The topological polar surface area (TPSA) is 55.2 Å². The molecule has 0 aromatic carbocycles. The van der Waals surface area contributed by atoms with Crippen molar-refractivity contribution in [1.29, 1.82) is 0 Å². The van der Waals surface area contributed by atoms with Crippen LogP contribution in [0.25, 0.3) is 0 Å². The van der Waals surface area contributed by atoms with Crippen LogP contribution in [0.4, 0.5) is 0 Å². The van der Waals surface area contributed by atoms with Crippen LogP contribution in [0.5, 0.6) is 0 Å². The van der Waals surface area contributed by atoms with Crippen molar-refractivity contribution >= 4 is 11.8 Å². The lowest BCUT2D eigenvalue weighted by molar-refractivity contribution is -0.469. The van der Waals surface area contributed by atoms with Crippen molar-refractivity contribution in [1.82, 2.24) is 5.32 Å². The molecule has 0 atom stereocenters. The van der Waals surface area contributed by atoms with Gasteiger partial charge in [0.05, 0.1) is 4.91 Å². The zero-order valence-corrected chi connectivity index (χ0v) is 6.19. The van der Waals surface area contributed by atoms with E-state index < -0.39 is 0 Å². The first kappa shape index (κ1) is 7.40. The standard InChI is InChI=1S/C5H8N2O2S/c8-7(9)4-5-3-6-1-2-10-5/h3,6H,1-2,4H2. The zero-order chi connectivity index (χ0) is 7.40. The fourth-order valence-corrected chi connectivity index (χ4v) is 1.53. The van der Waals surface area contributed by atoms with E-state index in [9.17, 15) is 10.1 Å². The largest absolute Gasteiger partial charge is 0.389 e. The van der Waals surface area contributed by atoms with E-state index in [0.717, 1.165) is 17.2 Å². The molecule has 5 heteroatoms. The Kier molecular flexibility index (Phi) is 2.56. The van der Waals surface area contributed by atoms with Gasteiger partial charge >= 0.3 is 0 Å². The molecule has 0 saturated heterocycles. The highest BCUT2D eigenvalue weighted by Crippen LogP contribution is 2.16. The molecule has 0 bridgehead atoms. The van der Waals surface area contributed by atoms with E-state index in [0.29, 0.717) is 0 Å². The smallest absolute Gasteiger partial charge is 0.236 e. The molecule has 0 aromatic heterocycles. The maximum absolute atomic E-state index is 9.99. The van der Waals surface area contributed by atoms with Crippen molar-refractivity contribution in [3.63, 3.8) is 0 Å². The average Bonchev–Trinajstić information content (AvgIpc) is 1.88. The third-order valence-electron chi connectivity index (χ3n) is 1.08. The molecule has 1 rings (SSSR count). The van der Waals surface area contributed by atoms with Gasteiger partial charge in [-0.15, -0.1) is 11.8 Å². The van der Waals surface area contributed by atoms with Crippen molar-refractivity contribution < 1.29 is 4.92 Å². The lowest BCUT2D eigenvalue weighted by Crippen LogP contribution is -2.17. The third kappa shape index (κ3) is 2.26. The number of nitro groups is 1. The first-order chi connectivity index (χ1) is 4.79. The van der Waals surface area contributed by atoms with E-state index in [1.807, 2.05) is 0 Å². The lowest BCUT2D eigenvalue weighted by Gasteiger charge is -2.09. The number of thioether (sulfide) groups is 1. The molecule has 0 fully saturated rings. The average molecular weight is 160 g/mol. The first-order valence-corrected chi connectivity index (χ1v) is 3.94. The summed E-state index contributed by atoms with van der Waals surface area (Å²) in [7, 11) is 0. The number of nitrogens with one attached hydrogen (secondary N) is 1. The molecule has 1 N–H and O–H groups in total. The van der Waals surface area contributed by atoms with Crippen LogP contribution in [-0.2, 0) is 0 Å². The summed E-state index contributed by atoms with van der Waals surface area (Å²) in [5.74, 6) is 0.930. The number of hydrogen-bond donors (Lipinski definition) is 1. The van der Waals surface area contributed by atoms with Crippen LogP contribution in [0, 0.1) is 10.1 Å². The minimum absolute atomic E-state index is 0.0440. The van der Waals surface area contributed by atoms with Crippen molar-refractivity contribution in [2.75, 3.05) is 18.8 Å². The highest BCUT2D eigenvalue weighted by atomic mass is 32.2. The van der Waals surface area contributed by atoms with E-state index >= 15 is 0 Å². The van der Waals surface area contributed by atoms with Gasteiger partial charge in [0.25, 0.3) is 0 Å². The molecule has 0 saturated carbocycles. The monoisotopic (exact) mass is 160 g/mol. The van der Waals surface area contributed by atoms with Gasteiger partial charge in [0, 0.05) is 23.4 Å². The number of rotatable bonds is 2. The van der Waals surface area contributed by atoms with Crippen LogP contribution < -0.4 is 5.32 Å². The summed E-state index contributed by atoms with van der Waals surface area (Å²) in [5, 5.41) is 12.9. The second-order valence-corrected chi connectivity index (χ2v) is 3.13.